The molecule has 1 aliphatic carbocycles. The maximum absolute atomic E-state index is 12.4. The van der Waals surface area contributed by atoms with Gasteiger partial charge in [0.05, 0.1) is 42.8 Å². The van der Waals surface area contributed by atoms with E-state index in [2.05, 4.69) is 37.3 Å². The summed E-state index contributed by atoms with van der Waals surface area (Å²) < 4.78 is 11.9. The maximum Gasteiger partial charge on any atom is 0.325 e. The Morgan fingerprint density at radius 1 is 1.11 bits per heavy atom. The van der Waals surface area contributed by atoms with Crippen molar-refractivity contribution >= 4 is 40.7 Å². The summed E-state index contributed by atoms with van der Waals surface area (Å²) in [6.07, 6.45) is 5.02. The van der Waals surface area contributed by atoms with Gasteiger partial charge in [-0.05, 0) is 93.9 Å². The first-order valence-corrected chi connectivity index (χ1v) is 15.9. The van der Waals surface area contributed by atoms with Crippen molar-refractivity contribution < 1.29 is 14.3 Å². The summed E-state index contributed by atoms with van der Waals surface area (Å²) in [5.41, 5.74) is 2.88. The van der Waals surface area contributed by atoms with E-state index in [0.29, 0.717) is 47.4 Å². The van der Waals surface area contributed by atoms with E-state index in [1.165, 1.54) is 17.8 Å². The molecule has 2 aliphatic rings. The first-order valence-electron chi connectivity index (χ1n) is 15.6. The van der Waals surface area contributed by atoms with Crippen LogP contribution in [0.2, 0.25) is 5.02 Å². The Morgan fingerprint density at radius 2 is 1.83 bits per heavy atom. The first-order chi connectivity index (χ1) is 22.7. The number of esters is 1. The number of hydrogen-bond acceptors (Lipinski definition) is 11. The molecule has 0 radical (unpaired) electrons. The van der Waals surface area contributed by atoms with Gasteiger partial charge in [-0.3, -0.25) is 9.69 Å². The second kappa shape index (κ2) is 13.1. The minimum absolute atomic E-state index is 0.0775. The van der Waals surface area contributed by atoms with E-state index in [9.17, 15) is 15.3 Å². The second-order valence-corrected chi connectivity index (χ2v) is 12.8. The van der Waals surface area contributed by atoms with Crippen molar-refractivity contribution in [2.24, 2.45) is 0 Å². The van der Waals surface area contributed by atoms with Crippen LogP contribution in [0.15, 0.2) is 42.6 Å². The quantitative estimate of drug-likeness (QED) is 0.214. The van der Waals surface area contributed by atoms with Gasteiger partial charge in [0.2, 0.25) is 5.95 Å². The SMILES string of the molecule is COC(=O)C(C)(C)N1CCC(c2cc(C#N)cc(Nc3nc(N(Cc4ccc(OC)cc4)C4CC4)c4ncc(C#N)n4n3)c2Cl)CC1. The van der Waals surface area contributed by atoms with Crippen molar-refractivity contribution in [2.75, 3.05) is 37.5 Å². The molecule has 13 heteroatoms. The Balaban J connectivity index is 1.33. The minimum Gasteiger partial charge on any atom is -0.497 e. The summed E-state index contributed by atoms with van der Waals surface area (Å²) in [6, 6.07) is 16.1. The number of likely N-dealkylation sites (tertiary alicyclic amines) is 1. The Kier molecular flexibility index (Phi) is 8.91. The lowest BCUT2D eigenvalue weighted by atomic mass is 9.86. The molecule has 2 aromatic heterocycles. The van der Waals surface area contributed by atoms with Gasteiger partial charge in [-0.1, -0.05) is 23.7 Å². The molecule has 1 N–H and O–H groups in total. The number of carbonyl (C=O) groups is 1. The summed E-state index contributed by atoms with van der Waals surface area (Å²) in [6.45, 7) is 5.67. The fourth-order valence-electron chi connectivity index (χ4n) is 6.23. The number of aromatic nitrogens is 4. The number of nitrogens with one attached hydrogen (secondary N) is 1. The van der Waals surface area contributed by atoms with Gasteiger partial charge in [0.1, 0.15) is 17.4 Å². The topological polar surface area (TPSA) is 145 Å². The molecule has 12 nitrogen and oxygen atoms in total. The Bertz CT molecular complexity index is 1880. The van der Waals surface area contributed by atoms with E-state index in [1.807, 2.05) is 44.2 Å². The fraction of sp³-hybridized carbons (Fsp3) is 0.412. The van der Waals surface area contributed by atoms with Crippen LogP contribution in [0.5, 0.6) is 5.75 Å². The lowest BCUT2D eigenvalue weighted by Gasteiger charge is -2.41. The highest BCUT2D eigenvalue weighted by molar-refractivity contribution is 6.34. The normalized spacial score (nSPS) is 15.6. The Morgan fingerprint density at radius 3 is 2.45 bits per heavy atom. The molecule has 0 amide bonds. The van der Waals surface area contributed by atoms with Gasteiger partial charge < -0.3 is 19.7 Å². The number of ether oxygens (including phenoxy) is 2. The van der Waals surface area contributed by atoms with Crippen molar-refractivity contribution in [1.29, 1.82) is 10.5 Å². The van der Waals surface area contributed by atoms with Crippen LogP contribution in [0.1, 0.15) is 67.8 Å². The van der Waals surface area contributed by atoms with Crippen LogP contribution in [-0.2, 0) is 16.1 Å². The van der Waals surface area contributed by atoms with E-state index < -0.39 is 5.54 Å². The number of fused-ring (bicyclic) bond motifs is 1. The standard InChI is InChI=1S/C34H36ClN9O3/c1-34(2,32(45)47-4)42-13-11-23(12-14-42)27-15-22(17-36)16-28(29(27)35)39-33-40-31(30-38-19-25(18-37)44(30)41-33)43(24-7-8-24)20-21-5-9-26(46-3)10-6-21/h5-6,9-10,15-16,19,23-24H,7-8,11-14,20H2,1-4H3,(H,39,41). The summed E-state index contributed by atoms with van der Waals surface area (Å²) in [5.74, 6) is 1.40. The zero-order valence-corrected chi connectivity index (χ0v) is 27.6. The summed E-state index contributed by atoms with van der Waals surface area (Å²) in [4.78, 5) is 26.2. The largest absolute Gasteiger partial charge is 0.497 e. The van der Waals surface area contributed by atoms with E-state index >= 15 is 0 Å². The summed E-state index contributed by atoms with van der Waals surface area (Å²) >= 11 is 7.06. The first kappa shape index (κ1) is 32.0. The van der Waals surface area contributed by atoms with Crippen molar-refractivity contribution in [3.63, 3.8) is 0 Å². The monoisotopic (exact) mass is 653 g/mol. The Hall–Kier alpha value is -4.91. The lowest BCUT2D eigenvalue weighted by molar-refractivity contribution is -0.153. The molecular formula is C34H36ClN9O3. The van der Waals surface area contributed by atoms with Crippen molar-refractivity contribution in [3.8, 4) is 17.9 Å². The number of carbonyl (C=O) groups excluding carboxylic acids is 1. The number of methoxy groups -OCH3 is 2. The molecule has 47 heavy (non-hydrogen) atoms. The molecule has 6 rings (SSSR count). The summed E-state index contributed by atoms with van der Waals surface area (Å²) in [7, 11) is 3.04. The molecule has 1 saturated heterocycles. The number of hydrogen-bond donors (Lipinski definition) is 1. The van der Waals surface area contributed by atoms with E-state index in [1.54, 1.807) is 13.2 Å². The highest BCUT2D eigenvalue weighted by Crippen LogP contribution is 2.40. The molecule has 0 spiro atoms. The molecule has 1 saturated carbocycles. The van der Waals surface area contributed by atoms with Crippen molar-refractivity contribution in [3.05, 3.63) is 70.0 Å². The van der Waals surface area contributed by atoms with Crippen LogP contribution in [0.25, 0.3) is 5.65 Å². The molecule has 242 valence electrons. The highest BCUT2D eigenvalue weighted by Gasteiger charge is 2.38. The zero-order valence-electron chi connectivity index (χ0n) is 26.8. The van der Waals surface area contributed by atoms with E-state index in [-0.39, 0.29) is 29.6 Å². The van der Waals surface area contributed by atoms with Crippen molar-refractivity contribution in [1.82, 2.24) is 24.5 Å². The van der Waals surface area contributed by atoms with Gasteiger partial charge in [-0.25, -0.2) is 4.98 Å². The van der Waals surface area contributed by atoms with Crippen LogP contribution in [0.3, 0.4) is 0 Å². The molecule has 2 fully saturated rings. The zero-order chi connectivity index (χ0) is 33.3. The second-order valence-electron chi connectivity index (χ2n) is 12.4. The number of nitrogens with zero attached hydrogens (tertiary/aromatic N) is 8. The van der Waals surface area contributed by atoms with Crippen LogP contribution >= 0.6 is 11.6 Å². The van der Waals surface area contributed by atoms with Gasteiger partial charge in [0.15, 0.2) is 17.2 Å². The van der Waals surface area contributed by atoms with Gasteiger partial charge in [0.25, 0.3) is 0 Å². The van der Waals surface area contributed by atoms with Crippen LogP contribution in [0.4, 0.5) is 17.5 Å². The molecular weight excluding hydrogens is 618 g/mol. The maximum atomic E-state index is 12.4. The predicted molar refractivity (Wildman–Crippen MR) is 177 cm³/mol. The molecule has 0 bridgehead atoms. The average Bonchev–Trinajstić information content (AvgIpc) is 3.86. The molecule has 1 aliphatic heterocycles. The number of benzene rings is 2. The van der Waals surface area contributed by atoms with Gasteiger partial charge in [-0.2, -0.15) is 20.0 Å². The third-order valence-corrected chi connectivity index (χ3v) is 9.54. The fourth-order valence-corrected chi connectivity index (χ4v) is 6.54. The molecule has 4 aromatic rings. The van der Waals surface area contributed by atoms with Gasteiger partial charge in [-0.15, -0.1) is 5.10 Å². The molecule has 0 atom stereocenters. The number of piperidine rings is 1. The van der Waals surface area contributed by atoms with Crippen LogP contribution in [0, 0.1) is 22.7 Å². The summed E-state index contributed by atoms with van der Waals surface area (Å²) in [5, 5.41) is 28.2. The van der Waals surface area contributed by atoms with E-state index in [0.717, 1.165) is 42.6 Å². The predicted octanol–water partition coefficient (Wildman–Crippen LogP) is 5.57. The highest BCUT2D eigenvalue weighted by atomic mass is 35.5. The van der Waals surface area contributed by atoms with Crippen LogP contribution < -0.4 is 15.0 Å². The molecule has 2 aromatic carbocycles. The van der Waals surface area contributed by atoms with Crippen LogP contribution in [-0.4, -0.2) is 69.3 Å². The molecule has 3 heterocycles. The number of anilines is 3. The number of imidazole rings is 1. The average molecular weight is 654 g/mol. The lowest BCUT2D eigenvalue weighted by Crippen LogP contribution is -2.53. The van der Waals surface area contributed by atoms with Gasteiger partial charge in [0, 0.05) is 12.6 Å². The van der Waals surface area contributed by atoms with Gasteiger partial charge >= 0.3 is 5.97 Å². The number of nitriles is 2. The Labute approximate surface area is 278 Å². The van der Waals surface area contributed by atoms with E-state index in [4.69, 9.17) is 26.1 Å². The minimum atomic E-state index is -0.740. The number of rotatable bonds is 10. The van der Waals surface area contributed by atoms with Crippen molar-refractivity contribution in [2.45, 2.75) is 63.6 Å². The third kappa shape index (κ3) is 6.39. The molecule has 0 unspecified atom stereocenters. The smallest absolute Gasteiger partial charge is 0.325 e. The third-order valence-electron chi connectivity index (χ3n) is 9.12. The number of halogens is 1.